The Morgan fingerprint density at radius 1 is 0.950 bits per heavy atom. The Hall–Kier alpha value is -0.310. The van der Waals surface area contributed by atoms with Gasteiger partial charge in [-0.05, 0) is 23.4 Å². The molecule has 0 aromatic rings. The molecule has 0 aromatic heterocycles. The van der Waals surface area contributed by atoms with Gasteiger partial charge in [-0.2, -0.15) is 35.1 Å². The summed E-state index contributed by atoms with van der Waals surface area (Å²) in [5.41, 5.74) is 0. The fraction of sp³-hybridized carbons (Fsp3) is 1.00. The highest BCUT2D eigenvalue weighted by atomic mass is 35.5. The molecule has 120 valence electrons. The van der Waals surface area contributed by atoms with Gasteiger partial charge in [0.1, 0.15) is 0 Å². The van der Waals surface area contributed by atoms with Gasteiger partial charge in [-0.15, -0.1) is 0 Å². The highest BCUT2D eigenvalue weighted by Crippen LogP contribution is 2.55. The van der Waals surface area contributed by atoms with Crippen molar-refractivity contribution in [2.75, 3.05) is 13.2 Å². The van der Waals surface area contributed by atoms with Gasteiger partial charge in [0.05, 0.1) is 0 Å². The van der Waals surface area contributed by atoms with Crippen LogP contribution in [0, 0.1) is 11.8 Å². The van der Waals surface area contributed by atoms with Crippen molar-refractivity contribution in [3.05, 3.63) is 0 Å². The minimum atomic E-state index is -6.38. The van der Waals surface area contributed by atoms with Crippen molar-refractivity contribution in [2.24, 2.45) is 11.8 Å². The second-order valence-electron chi connectivity index (χ2n) is 4.83. The highest BCUT2D eigenvalue weighted by Gasteiger charge is 2.80. The summed E-state index contributed by atoms with van der Waals surface area (Å²) in [4.78, 5) is 0. The average Bonchev–Trinajstić information content (AvgIpc) is 2.61. The number of hydrogen-bond acceptors (Lipinski definition) is 1. The SMILES string of the molecule is C[C@@H]1COC[C@H]1CC(F)(F)C(F)(F)C(F)(F)C(F)(F)Cl. The molecule has 1 heterocycles. The first kappa shape index (κ1) is 17.7. The monoisotopic (exact) mass is 334 g/mol. The Balaban J connectivity index is 2.99. The zero-order chi connectivity index (χ0) is 16.0. The van der Waals surface area contributed by atoms with E-state index in [1.165, 1.54) is 6.92 Å². The van der Waals surface area contributed by atoms with E-state index < -0.39 is 41.4 Å². The number of ether oxygens (including phenoxy) is 1. The highest BCUT2D eigenvalue weighted by molar-refractivity contribution is 6.22. The lowest BCUT2D eigenvalue weighted by molar-refractivity contribution is -0.351. The van der Waals surface area contributed by atoms with Gasteiger partial charge in [-0.25, -0.2) is 0 Å². The van der Waals surface area contributed by atoms with Crippen molar-refractivity contribution in [1.29, 1.82) is 0 Å². The predicted molar refractivity (Wildman–Crippen MR) is 53.7 cm³/mol. The molecule has 1 saturated heterocycles. The number of hydrogen-bond donors (Lipinski definition) is 0. The van der Waals surface area contributed by atoms with Gasteiger partial charge >= 0.3 is 23.1 Å². The van der Waals surface area contributed by atoms with Crippen LogP contribution >= 0.6 is 11.6 Å². The quantitative estimate of drug-likeness (QED) is 0.535. The van der Waals surface area contributed by atoms with E-state index in [1.807, 2.05) is 0 Å². The third kappa shape index (κ3) is 2.84. The minimum Gasteiger partial charge on any atom is -0.381 e. The van der Waals surface area contributed by atoms with E-state index in [4.69, 9.17) is 4.74 Å². The molecular weight excluding hydrogens is 324 g/mol. The Kier molecular flexibility index (Phi) is 4.57. The van der Waals surface area contributed by atoms with Crippen LogP contribution in [-0.4, -0.2) is 36.4 Å². The lowest BCUT2D eigenvalue weighted by Crippen LogP contribution is -2.61. The molecule has 0 unspecified atom stereocenters. The Morgan fingerprint density at radius 3 is 1.80 bits per heavy atom. The van der Waals surface area contributed by atoms with Gasteiger partial charge in [0.25, 0.3) is 0 Å². The third-order valence-corrected chi connectivity index (χ3v) is 3.48. The summed E-state index contributed by atoms with van der Waals surface area (Å²) < 4.78 is 108. The van der Waals surface area contributed by atoms with Crippen molar-refractivity contribution in [3.8, 4) is 0 Å². The maximum absolute atomic E-state index is 13.4. The van der Waals surface area contributed by atoms with Crippen LogP contribution in [0.4, 0.5) is 35.1 Å². The van der Waals surface area contributed by atoms with Gasteiger partial charge in [0, 0.05) is 19.6 Å². The fourth-order valence-electron chi connectivity index (χ4n) is 1.83. The smallest absolute Gasteiger partial charge is 0.381 e. The molecular formula is C10H11ClF8O. The van der Waals surface area contributed by atoms with Crippen molar-refractivity contribution in [3.63, 3.8) is 0 Å². The molecule has 1 nitrogen and oxygen atoms in total. The lowest BCUT2D eigenvalue weighted by atomic mass is 9.88. The van der Waals surface area contributed by atoms with Gasteiger partial charge < -0.3 is 4.74 Å². The molecule has 1 aliphatic rings. The molecule has 1 fully saturated rings. The van der Waals surface area contributed by atoms with E-state index >= 15 is 0 Å². The zero-order valence-corrected chi connectivity index (χ0v) is 10.8. The molecule has 0 radical (unpaired) electrons. The summed E-state index contributed by atoms with van der Waals surface area (Å²) in [6.07, 6.45) is -1.69. The summed E-state index contributed by atoms with van der Waals surface area (Å²) in [7, 11) is 0. The molecule has 0 aromatic carbocycles. The Bertz CT molecular complexity index is 354. The number of alkyl halides is 9. The molecule has 1 aliphatic heterocycles. The van der Waals surface area contributed by atoms with E-state index in [1.54, 1.807) is 0 Å². The molecule has 0 spiro atoms. The summed E-state index contributed by atoms with van der Waals surface area (Å²) >= 11 is 3.84. The maximum atomic E-state index is 13.4. The Morgan fingerprint density at radius 2 is 1.45 bits per heavy atom. The first-order chi connectivity index (χ1) is 8.74. The number of rotatable bonds is 5. The summed E-state index contributed by atoms with van der Waals surface area (Å²) in [6, 6.07) is 0. The fourth-order valence-corrected chi connectivity index (χ4v) is 1.95. The molecule has 0 aliphatic carbocycles. The van der Waals surface area contributed by atoms with Crippen LogP contribution < -0.4 is 0 Å². The van der Waals surface area contributed by atoms with Crippen molar-refractivity contribution in [2.45, 2.75) is 36.5 Å². The van der Waals surface area contributed by atoms with E-state index in [9.17, 15) is 35.1 Å². The van der Waals surface area contributed by atoms with E-state index in [-0.39, 0.29) is 13.2 Å². The van der Waals surface area contributed by atoms with Gasteiger partial charge in [0.2, 0.25) is 0 Å². The molecule has 0 amide bonds. The third-order valence-electron chi connectivity index (χ3n) is 3.25. The topological polar surface area (TPSA) is 9.23 Å². The maximum Gasteiger partial charge on any atom is 0.392 e. The predicted octanol–water partition coefficient (Wildman–Crippen LogP) is 4.40. The van der Waals surface area contributed by atoms with Crippen LogP contribution in [0.25, 0.3) is 0 Å². The normalized spacial score (nSPS) is 26.1. The van der Waals surface area contributed by atoms with Gasteiger partial charge in [-0.3, -0.25) is 0 Å². The first-order valence-electron chi connectivity index (χ1n) is 5.52. The van der Waals surface area contributed by atoms with E-state index in [2.05, 4.69) is 11.6 Å². The average molecular weight is 335 g/mol. The van der Waals surface area contributed by atoms with Crippen LogP contribution in [0.1, 0.15) is 13.3 Å². The van der Waals surface area contributed by atoms with Crippen LogP contribution in [0.2, 0.25) is 0 Å². The molecule has 0 saturated carbocycles. The van der Waals surface area contributed by atoms with Crippen LogP contribution in [0.3, 0.4) is 0 Å². The standard InChI is InChI=1S/C10H11ClF8O/c1-5-3-20-4-6(5)2-7(12,13)8(14,15)9(16,17)10(11,18)19/h5-6H,2-4H2,1H3/t5-,6-/m1/s1. The molecule has 0 N–H and O–H groups in total. The summed E-state index contributed by atoms with van der Waals surface area (Å²) in [5, 5.41) is -5.79. The largest absolute Gasteiger partial charge is 0.392 e. The molecule has 0 bridgehead atoms. The Labute approximate surface area is 114 Å². The second-order valence-corrected chi connectivity index (χ2v) is 5.30. The van der Waals surface area contributed by atoms with Crippen LogP contribution in [-0.2, 0) is 4.74 Å². The minimum absolute atomic E-state index is 0.00831. The van der Waals surface area contributed by atoms with Crippen molar-refractivity contribution in [1.82, 2.24) is 0 Å². The van der Waals surface area contributed by atoms with Crippen molar-refractivity contribution >= 4 is 11.6 Å². The first-order valence-corrected chi connectivity index (χ1v) is 5.90. The van der Waals surface area contributed by atoms with Crippen LogP contribution in [0.5, 0.6) is 0 Å². The lowest BCUT2D eigenvalue weighted by Gasteiger charge is -2.35. The molecule has 2 atom stereocenters. The van der Waals surface area contributed by atoms with Gasteiger partial charge in [0.15, 0.2) is 0 Å². The van der Waals surface area contributed by atoms with Crippen LogP contribution in [0.15, 0.2) is 0 Å². The summed E-state index contributed by atoms with van der Waals surface area (Å²) in [6.45, 7) is 1.09. The van der Waals surface area contributed by atoms with Crippen molar-refractivity contribution < 1.29 is 39.9 Å². The summed E-state index contributed by atoms with van der Waals surface area (Å²) in [5.74, 6) is -19.7. The number of halogens is 9. The zero-order valence-electron chi connectivity index (χ0n) is 10.1. The van der Waals surface area contributed by atoms with E-state index in [0.717, 1.165) is 0 Å². The molecule has 20 heavy (non-hydrogen) atoms. The van der Waals surface area contributed by atoms with E-state index in [0.29, 0.717) is 0 Å². The van der Waals surface area contributed by atoms with Gasteiger partial charge in [-0.1, -0.05) is 6.92 Å². The molecule has 1 rings (SSSR count). The second kappa shape index (κ2) is 5.15. The molecule has 10 heteroatoms.